The van der Waals surface area contributed by atoms with Crippen LogP contribution in [0.4, 0.5) is 13.2 Å². The van der Waals surface area contributed by atoms with Crippen molar-refractivity contribution < 1.29 is 23.1 Å². The molecule has 0 bridgehead atoms. The normalized spacial score (nSPS) is 19.2. The number of fused-ring (bicyclic) bond motifs is 3. The summed E-state index contributed by atoms with van der Waals surface area (Å²) in [7, 11) is 0. The van der Waals surface area contributed by atoms with Crippen LogP contribution >= 0.6 is 0 Å². The molecule has 0 amide bonds. The molecule has 5 rings (SSSR count). The molecular formula is C34H42F3NO2. The maximum absolute atomic E-state index is 13.5. The zero-order valence-electron chi connectivity index (χ0n) is 23.8. The van der Waals surface area contributed by atoms with E-state index >= 15 is 0 Å². The fraction of sp³-hybridized carbons (Fsp3) is 0.559. The predicted molar refractivity (Wildman–Crippen MR) is 154 cm³/mol. The Labute approximate surface area is 235 Å². The average Bonchev–Trinajstić information content (AvgIpc) is 3.26. The van der Waals surface area contributed by atoms with Crippen LogP contribution in [0.1, 0.15) is 130 Å². The van der Waals surface area contributed by atoms with Gasteiger partial charge in [-0.3, -0.25) is 4.79 Å². The largest absolute Gasteiger partial charge is 0.481 e. The summed E-state index contributed by atoms with van der Waals surface area (Å²) in [4.78, 5) is 11.6. The number of rotatable bonds is 9. The SMILES string of the molecule is CC(C)c1ccc2c(c1)c1c(n2[C@@H](CCC2CCCCC2)c2ccc(C(F)(F)F)cc2)C(CCC(=O)O)CCC1. The Bertz CT molecular complexity index is 1320. The number of aromatic nitrogens is 1. The molecule has 3 nitrogen and oxygen atoms in total. The van der Waals surface area contributed by atoms with Crippen LogP contribution in [0.2, 0.25) is 0 Å². The Morgan fingerprint density at radius 2 is 1.65 bits per heavy atom. The lowest BCUT2D eigenvalue weighted by atomic mass is 9.82. The molecule has 0 radical (unpaired) electrons. The lowest BCUT2D eigenvalue weighted by molar-refractivity contribution is -0.138. The fourth-order valence-electron chi connectivity index (χ4n) is 7.27. The molecule has 40 heavy (non-hydrogen) atoms. The highest BCUT2D eigenvalue weighted by Crippen LogP contribution is 2.45. The molecule has 1 heterocycles. The van der Waals surface area contributed by atoms with Crippen LogP contribution in [0.3, 0.4) is 0 Å². The fourth-order valence-corrected chi connectivity index (χ4v) is 7.27. The van der Waals surface area contributed by atoms with E-state index in [0.717, 1.165) is 43.2 Å². The topological polar surface area (TPSA) is 42.2 Å². The molecule has 0 spiro atoms. The van der Waals surface area contributed by atoms with Gasteiger partial charge >= 0.3 is 12.1 Å². The summed E-state index contributed by atoms with van der Waals surface area (Å²) in [6, 6.07) is 12.4. The second-order valence-corrected chi connectivity index (χ2v) is 12.4. The number of aliphatic carboxylic acids is 1. The molecule has 1 N–H and O–H groups in total. The second kappa shape index (κ2) is 12.0. The first-order chi connectivity index (χ1) is 19.1. The predicted octanol–water partition coefficient (Wildman–Crippen LogP) is 10.0. The Balaban J connectivity index is 1.66. The number of carbonyl (C=O) groups is 1. The van der Waals surface area contributed by atoms with Gasteiger partial charge < -0.3 is 9.67 Å². The molecule has 2 atom stereocenters. The summed E-state index contributed by atoms with van der Waals surface area (Å²) >= 11 is 0. The van der Waals surface area contributed by atoms with Gasteiger partial charge in [-0.2, -0.15) is 13.2 Å². The third kappa shape index (κ3) is 6.11. The molecule has 6 heteroatoms. The van der Waals surface area contributed by atoms with Crippen molar-refractivity contribution in [2.24, 2.45) is 5.92 Å². The molecular weight excluding hydrogens is 511 g/mol. The second-order valence-electron chi connectivity index (χ2n) is 12.4. The Morgan fingerprint density at radius 1 is 0.950 bits per heavy atom. The van der Waals surface area contributed by atoms with Crippen molar-refractivity contribution in [2.45, 2.75) is 115 Å². The van der Waals surface area contributed by atoms with Crippen LogP contribution in [-0.4, -0.2) is 15.6 Å². The van der Waals surface area contributed by atoms with E-state index in [0.29, 0.717) is 18.3 Å². The van der Waals surface area contributed by atoms with Gasteiger partial charge in [-0.15, -0.1) is 0 Å². The third-order valence-electron chi connectivity index (χ3n) is 9.42. The van der Waals surface area contributed by atoms with Crippen LogP contribution in [0, 0.1) is 5.92 Å². The van der Waals surface area contributed by atoms with Gasteiger partial charge in [0.05, 0.1) is 11.6 Å². The highest BCUT2D eigenvalue weighted by molar-refractivity contribution is 5.87. The lowest BCUT2D eigenvalue weighted by Crippen LogP contribution is -2.21. The van der Waals surface area contributed by atoms with Gasteiger partial charge in [-0.25, -0.2) is 0 Å². The van der Waals surface area contributed by atoms with E-state index in [2.05, 4.69) is 36.6 Å². The van der Waals surface area contributed by atoms with E-state index in [1.54, 1.807) is 12.1 Å². The molecule has 0 aliphatic heterocycles. The minimum Gasteiger partial charge on any atom is -0.481 e. The molecule has 0 saturated heterocycles. The summed E-state index contributed by atoms with van der Waals surface area (Å²) in [5.41, 5.74) is 5.21. The van der Waals surface area contributed by atoms with Gasteiger partial charge in [0, 0.05) is 28.9 Å². The summed E-state index contributed by atoms with van der Waals surface area (Å²) in [5.74, 6) is 0.375. The highest BCUT2D eigenvalue weighted by Gasteiger charge is 2.33. The first kappa shape index (κ1) is 28.8. The molecule has 1 saturated carbocycles. The molecule has 2 aliphatic carbocycles. The summed E-state index contributed by atoms with van der Waals surface area (Å²) < 4.78 is 42.8. The monoisotopic (exact) mass is 553 g/mol. The average molecular weight is 554 g/mol. The Kier molecular flexibility index (Phi) is 8.63. The molecule has 216 valence electrons. The number of aryl methyl sites for hydroxylation is 1. The first-order valence-corrected chi connectivity index (χ1v) is 15.2. The van der Waals surface area contributed by atoms with Crippen molar-refractivity contribution in [3.63, 3.8) is 0 Å². The maximum Gasteiger partial charge on any atom is 0.416 e. The smallest absolute Gasteiger partial charge is 0.416 e. The van der Waals surface area contributed by atoms with Gasteiger partial charge in [-0.1, -0.05) is 64.2 Å². The third-order valence-corrected chi connectivity index (χ3v) is 9.42. The standard InChI is InChI=1S/C34H42F3NO2/c1-22(2)26-14-19-31-29(21-26)28-10-6-9-25(15-20-32(39)40)33(28)38(31)30(18-11-23-7-4-3-5-8-23)24-12-16-27(17-13-24)34(35,36)37/h12-14,16-17,19,21-23,25,30H,3-11,15,18,20H2,1-2H3,(H,39,40)/t25?,30-/m0/s1. The summed E-state index contributed by atoms with van der Waals surface area (Å²) in [6.07, 6.45) is 7.41. The van der Waals surface area contributed by atoms with Gasteiger partial charge in [-0.05, 0) is 91.3 Å². The van der Waals surface area contributed by atoms with E-state index in [4.69, 9.17) is 0 Å². The van der Waals surface area contributed by atoms with E-state index in [1.165, 1.54) is 66.4 Å². The molecule has 1 unspecified atom stereocenters. The van der Waals surface area contributed by atoms with Crippen molar-refractivity contribution in [3.8, 4) is 0 Å². The number of hydrogen-bond donors (Lipinski definition) is 1. The molecule has 1 fully saturated rings. The van der Waals surface area contributed by atoms with Gasteiger partial charge in [0.1, 0.15) is 0 Å². The van der Waals surface area contributed by atoms with Crippen molar-refractivity contribution in [3.05, 3.63) is 70.4 Å². The number of benzene rings is 2. The summed E-state index contributed by atoms with van der Waals surface area (Å²) in [6.45, 7) is 4.38. The molecule has 1 aromatic heterocycles. The number of halogens is 3. The van der Waals surface area contributed by atoms with Crippen LogP contribution in [-0.2, 0) is 17.4 Å². The highest BCUT2D eigenvalue weighted by atomic mass is 19.4. The van der Waals surface area contributed by atoms with E-state index < -0.39 is 17.7 Å². The first-order valence-electron chi connectivity index (χ1n) is 15.2. The van der Waals surface area contributed by atoms with Crippen LogP contribution < -0.4 is 0 Å². The molecule has 2 aromatic carbocycles. The summed E-state index contributed by atoms with van der Waals surface area (Å²) in [5, 5.41) is 10.7. The number of carboxylic acids is 1. The van der Waals surface area contributed by atoms with Crippen LogP contribution in [0.5, 0.6) is 0 Å². The Morgan fingerprint density at radius 3 is 2.30 bits per heavy atom. The molecule has 2 aliphatic rings. The van der Waals surface area contributed by atoms with Gasteiger partial charge in [0.15, 0.2) is 0 Å². The van der Waals surface area contributed by atoms with Crippen molar-refractivity contribution >= 4 is 16.9 Å². The van der Waals surface area contributed by atoms with Crippen molar-refractivity contribution in [1.29, 1.82) is 0 Å². The van der Waals surface area contributed by atoms with Crippen molar-refractivity contribution in [1.82, 2.24) is 4.57 Å². The van der Waals surface area contributed by atoms with Crippen LogP contribution in [0.15, 0.2) is 42.5 Å². The van der Waals surface area contributed by atoms with E-state index in [9.17, 15) is 23.1 Å². The maximum atomic E-state index is 13.5. The van der Waals surface area contributed by atoms with E-state index in [1.807, 2.05) is 0 Å². The minimum absolute atomic E-state index is 0.0919. The quantitative estimate of drug-likeness (QED) is 0.286. The minimum atomic E-state index is -4.37. The van der Waals surface area contributed by atoms with E-state index in [-0.39, 0.29) is 18.4 Å². The zero-order chi connectivity index (χ0) is 28.4. The number of alkyl halides is 3. The number of nitrogens with zero attached hydrogens (tertiary/aromatic N) is 1. The number of hydrogen-bond acceptors (Lipinski definition) is 1. The number of carboxylic acid groups (broad SMARTS) is 1. The zero-order valence-corrected chi connectivity index (χ0v) is 23.8. The van der Waals surface area contributed by atoms with Crippen molar-refractivity contribution in [2.75, 3.05) is 0 Å². The molecule has 3 aromatic rings. The van der Waals surface area contributed by atoms with Crippen LogP contribution in [0.25, 0.3) is 10.9 Å². The van der Waals surface area contributed by atoms with Gasteiger partial charge in [0.2, 0.25) is 0 Å². The van der Waals surface area contributed by atoms with Gasteiger partial charge in [0.25, 0.3) is 0 Å². The Hall–Kier alpha value is -2.76. The lowest BCUT2D eigenvalue weighted by Gasteiger charge is -2.31.